The zero-order valence-corrected chi connectivity index (χ0v) is 14.3. The highest BCUT2D eigenvalue weighted by Gasteiger charge is 2.16. The summed E-state index contributed by atoms with van der Waals surface area (Å²) in [5.74, 6) is -0.421. The first-order valence-electron chi connectivity index (χ1n) is 8.07. The van der Waals surface area contributed by atoms with Crippen LogP contribution in [0.5, 0.6) is 0 Å². The number of carboxylic acids is 1. The van der Waals surface area contributed by atoms with E-state index in [-0.39, 0.29) is 5.56 Å². The van der Waals surface area contributed by atoms with Crippen LogP contribution in [0.2, 0.25) is 0 Å². The zero-order chi connectivity index (χ0) is 18.3. The third kappa shape index (κ3) is 2.59. The number of carbonyl (C=O) groups is 1. The molecule has 0 bridgehead atoms. The number of hydrogen-bond acceptors (Lipinski definition) is 5. The van der Waals surface area contributed by atoms with Gasteiger partial charge in [0, 0.05) is 43.3 Å². The van der Waals surface area contributed by atoms with E-state index in [4.69, 9.17) is 0 Å². The molecule has 3 aromatic heterocycles. The molecule has 7 heteroatoms. The van der Waals surface area contributed by atoms with Crippen molar-refractivity contribution in [3.05, 3.63) is 60.6 Å². The molecule has 0 atom stereocenters. The molecular weight excluding hydrogens is 330 g/mol. The van der Waals surface area contributed by atoms with Crippen LogP contribution in [0.1, 0.15) is 10.4 Å². The lowest BCUT2D eigenvalue weighted by Gasteiger charge is -2.15. The third-order valence-corrected chi connectivity index (χ3v) is 4.25. The van der Waals surface area contributed by atoms with Crippen molar-refractivity contribution in [2.45, 2.75) is 0 Å². The molecule has 0 aliphatic rings. The maximum atomic E-state index is 11.5. The summed E-state index contributed by atoms with van der Waals surface area (Å²) in [6.45, 7) is 0. The van der Waals surface area contributed by atoms with Gasteiger partial charge in [0.15, 0.2) is 5.65 Å². The van der Waals surface area contributed by atoms with E-state index in [9.17, 15) is 9.90 Å². The van der Waals surface area contributed by atoms with Gasteiger partial charge in [0.1, 0.15) is 11.4 Å². The van der Waals surface area contributed by atoms with Gasteiger partial charge in [-0.15, -0.1) is 0 Å². The first kappa shape index (κ1) is 15.9. The molecule has 7 nitrogen and oxygen atoms in total. The van der Waals surface area contributed by atoms with Crippen molar-refractivity contribution in [2.24, 2.45) is 0 Å². The lowest BCUT2D eigenvalue weighted by molar-refractivity contribution is 0.0699. The van der Waals surface area contributed by atoms with Crippen LogP contribution in [0.3, 0.4) is 0 Å². The Morgan fingerprint density at radius 1 is 1.23 bits per heavy atom. The highest BCUT2D eigenvalue weighted by molar-refractivity contribution is 5.99. The van der Waals surface area contributed by atoms with Crippen LogP contribution in [-0.2, 0) is 0 Å². The lowest BCUT2D eigenvalue weighted by Crippen LogP contribution is -2.08. The number of aromatic nitrogens is 3. The molecule has 3 heterocycles. The predicted molar refractivity (Wildman–Crippen MR) is 102 cm³/mol. The van der Waals surface area contributed by atoms with E-state index in [1.165, 1.54) is 0 Å². The Labute approximate surface area is 149 Å². The van der Waals surface area contributed by atoms with Crippen LogP contribution in [0.15, 0.2) is 55.0 Å². The number of nitrogens with one attached hydrogen (secondary N) is 1. The van der Waals surface area contributed by atoms with Crippen LogP contribution >= 0.6 is 0 Å². The van der Waals surface area contributed by atoms with Crippen molar-refractivity contribution in [1.82, 2.24) is 14.4 Å². The monoisotopic (exact) mass is 347 g/mol. The molecule has 0 radical (unpaired) electrons. The summed E-state index contributed by atoms with van der Waals surface area (Å²) in [5, 5.41) is 13.6. The van der Waals surface area contributed by atoms with E-state index in [2.05, 4.69) is 15.3 Å². The highest BCUT2D eigenvalue weighted by Crippen LogP contribution is 2.28. The maximum absolute atomic E-state index is 11.5. The largest absolute Gasteiger partial charge is 0.478 e. The van der Waals surface area contributed by atoms with E-state index < -0.39 is 5.97 Å². The van der Waals surface area contributed by atoms with Gasteiger partial charge in [-0.05, 0) is 30.3 Å². The maximum Gasteiger partial charge on any atom is 0.339 e. The summed E-state index contributed by atoms with van der Waals surface area (Å²) in [5.41, 5.74) is 3.24. The first-order valence-corrected chi connectivity index (χ1v) is 8.07. The van der Waals surface area contributed by atoms with Crippen molar-refractivity contribution in [3.63, 3.8) is 0 Å². The Morgan fingerprint density at radius 3 is 2.85 bits per heavy atom. The average molecular weight is 347 g/mol. The van der Waals surface area contributed by atoms with Gasteiger partial charge < -0.3 is 15.3 Å². The summed E-state index contributed by atoms with van der Waals surface area (Å²) in [7, 11) is 3.95. The van der Waals surface area contributed by atoms with Gasteiger partial charge in [0.25, 0.3) is 0 Å². The molecule has 0 unspecified atom stereocenters. The summed E-state index contributed by atoms with van der Waals surface area (Å²) >= 11 is 0. The molecule has 2 N–H and O–H groups in total. The summed E-state index contributed by atoms with van der Waals surface area (Å²) in [4.78, 5) is 22.3. The molecule has 0 aliphatic heterocycles. The molecular formula is C19H17N5O2. The molecule has 0 spiro atoms. The molecule has 26 heavy (non-hydrogen) atoms. The van der Waals surface area contributed by atoms with Gasteiger partial charge in [-0.25, -0.2) is 9.78 Å². The molecule has 1 aromatic carbocycles. The molecule has 4 aromatic rings. The number of anilines is 3. The van der Waals surface area contributed by atoms with Crippen LogP contribution in [-0.4, -0.2) is 39.5 Å². The van der Waals surface area contributed by atoms with Gasteiger partial charge in [-0.1, -0.05) is 6.07 Å². The fourth-order valence-electron chi connectivity index (χ4n) is 2.94. The van der Waals surface area contributed by atoms with Crippen molar-refractivity contribution >= 4 is 39.7 Å². The topological polar surface area (TPSA) is 82.8 Å². The van der Waals surface area contributed by atoms with Gasteiger partial charge in [-0.3, -0.25) is 9.38 Å². The van der Waals surface area contributed by atoms with Crippen LogP contribution in [0, 0.1) is 0 Å². The molecule has 0 aliphatic carbocycles. The second-order valence-corrected chi connectivity index (χ2v) is 6.15. The van der Waals surface area contributed by atoms with Crippen molar-refractivity contribution in [3.8, 4) is 0 Å². The number of hydrogen-bond donors (Lipinski definition) is 2. The van der Waals surface area contributed by atoms with Crippen LogP contribution in [0.25, 0.3) is 16.6 Å². The van der Waals surface area contributed by atoms with Crippen molar-refractivity contribution < 1.29 is 9.90 Å². The fraction of sp³-hybridized carbons (Fsp3) is 0.105. The lowest BCUT2D eigenvalue weighted by atomic mass is 10.2. The highest BCUT2D eigenvalue weighted by atomic mass is 16.4. The first-order chi connectivity index (χ1) is 12.5. The van der Waals surface area contributed by atoms with Gasteiger partial charge >= 0.3 is 5.97 Å². The van der Waals surface area contributed by atoms with E-state index >= 15 is 0 Å². The minimum Gasteiger partial charge on any atom is -0.478 e. The minimum absolute atomic E-state index is 0.154. The quantitative estimate of drug-likeness (QED) is 0.589. The Balaban J connectivity index is 1.91. The molecule has 4 rings (SSSR count). The third-order valence-electron chi connectivity index (χ3n) is 4.25. The second-order valence-electron chi connectivity index (χ2n) is 6.15. The van der Waals surface area contributed by atoms with E-state index in [1.54, 1.807) is 29.1 Å². The summed E-state index contributed by atoms with van der Waals surface area (Å²) in [6.07, 6.45) is 5.10. The molecule has 0 fully saturated rings. The van der Waals surface area contributed by atoms with Gasteiger partial charge in [-0.2, -0.15) is 0 Å². The Morgan fingerprint density at radius 2 is 2.08 bits per heavy atom. The number of benzene rings is 1. The van der Waals surface area contributed by atoms with E-state index in [0.29, 0.717) is 11.5 Å². The number of rotatable bonds is 4. The number of carboxylic acid groups (broad SMARTS) is 1. The Kier molecular flexibility index (Phi) is 3.69. The Hall–Kier alpha value is -3.61. The summed E-state index contributed by atoms with van der Waals surface area (Å²) < 4.78 is 1.74. The Bertz CT molecular complexity index is 1130. The van der Waals surface area contributed by atoms with Crippen molar-refractivity contribution in [1.29, 1.82) is 0 Å². The molecule has 0 saturated heterocycles. The minimum atomic E-state index is -1.01. The predicted octanol–water partition coefficient (Wildman–Crippen LogP) is 3.39. The van der Waals surface area contributed by atoms with E-state index in [1.807, 2.05) is 49.3 Å². The standard InChI is InChI=1S/C19H17N5O2/c1-23(2)13-5-3-4-12(10-13)21-17-14-6-8-20-11-16(14)24-9-7-15(19(25)26)18(24)22-17/h3-11H,1-2H3,(H,21,22)(H,25,26). The molecule has 0 saturated carbocycles. The van der Waals surface area contributed by atoms with Crippen LogP contribution in [0.4, 0.5) is 17.2 Å². The number of pyridine rings is 1. The number of nitrogens with zero attached hydrogens (tertiary/aromatic N) is 4. The normalized spacial score (nSPS) is 11.0. The number of aromatic carboxylic acids is 1. The van der Waals surface area contributed by atoms with Crippen LogP contribution < -0.4 is 10.2 Å². The average Bonchev–Trinajstić information content (AvgIpc) is 3.06. The SMILES string of the molecule is CN(C)c1cccc(Nc2nc3c(C(=O)O)ccn3c3cnccc23)c1. The zero-order valence-electron chi connectivity index (χ0n) is 14.3. The second kappa shape index (κ2) is 6.03. The molecule has 130 valence electrons. The van der Waals surface area contributed by atoms with Gasteiger partial charge in [0.2, 0.25) is 0 Å². The van der Waals surface area contributed by atoms with Gasteiger partial charge in [0.05, 0.1) is 11.7 Å². The number of fused-ring (bicyclic) bond motifs is 3. The smallest absolute Gasteiger partial charge is 0.339 e. The summed E-state index contributed by atoms with van der Waals surface area (Å²) in [6, 6.07) is 11.3. The fourth-order valence-corrected chi connectivity index (χ4v) is 2.94. The molecule has 0 amide bonds. The van der Waals surface area contributed by atoms with Crippen molar-refractivity contribution in [2.75, 3.05) is 24.3 Å². The van der Waals surface area contributed by atoms with E-state index in [0.717, 1.165) is 22.3 Å².